The lowest BCUT2D eigenvalue weighted by molar-refractivity contribution is 0.355. The second kappa shape index (κ2) is 7.96. The van der Waals surface area contributed by atoms with E-state index in [0.717, 1.165) is 11.3 Å². The zero-order chi connectivity index (χ0) is 20.4. The molecule has 0 spiro atoms. The smallest absolute Gasteiger partial charge is 0.277 e. The lowest BCUT2D eigenvalue weighted by atomic mass is 10.2. The van der Waals surface area contributed by atoms with Crippen LogP contribution in [0.15, 0.2) is 56.9 Å². The Morgan fingerprint density at radius 2 is 1.90 bits per heavy atom. The van der Waals surface area contributed by atoms with E-state index < -0.39 is 0 Å². The number of pyridine rings is 1. The number of nitrogens with zero attached hydrogens (tertiary/aromatic N) is 4. The molecule has 0 amide bonds. The van der Waals surface area contributed by atoms with Crippen LogP contribution in [0.3, 0.4) is 0 Å². The van der Waals surface area contributed by atoms with Crippen LogP contribution >= 0.6 is 11.8 Å². The van der Waals surface area contributed by atoms with E-state index in [1.54, 1.807) is 30.8 Å². The fourth-order valence-corrected chi connectivity index (χ4v) is 3.58. The van der Waals surface area contributed by atoms with Crippen LogP contribution in [0.5, 0.6) is 11.5 Å². The summed E-state index contributed by atoms with van der Waals surface area (Å²) in [6.07, 6.45) is 0. The van der Waals surface area contributed by atoms with Gasteiger partial charge >= 0.3 is 0 Å². The largest absolute Gasteiger partial charge is 0.493 e. The highest BCUT2D eigenvalue weighted by atomic mass is 32.2. The molecule has 0 unspecified atom stereocenters. The number of rotatable bonds is 6. The molecule has 3 heterocycles. The summed E-state index contributed by atoms with van der Waals surface area (Å²) in [4.78, 5) is 16.9. The summed E-state index contributed by atoms with van der Waals surface area (Å²) in [5.41, 5.74) is 2.72. The molecule has 3 aromatic heterocycles. The minimum absolute atomic E-state index is 0.111. The van der Waals surface area contributed by atoms with Gasteiger partial charge in [-0.25, -0.2) is 4.98 Å². The molecule has 4 aromatic rings. The Kier molecular flexibility index (Phi) is 5.22. The zero-order valence-corrected chi connectivity index (χ0v) is 16.9. The topological polar surface area (TPSA) is 91.8 Å². The predicted molar refractivity (Wildman–Crippen MR) is 109 cm³/mol. The number of aryl methyl sites for hydroxylation is 1. The molecule has 0 aliphatic carbocycles. The van der Waals surface area contributed by atoms with Crippen molar-refractivity contribution in [1.29, 1.82) is 0 Å². The molecule has 0 aliphatic heterocycles. The Morgan fingerprint density at radius 3 is 2.69 bits per heavy atom. The molecule has 0 saturated heterocycles. The number of methoxy groups -OCH3 is 2. The summed E-state index contributed by atoms with van der Waals surface area (Å²) in [5.74, 6) is 2.01. The second-order valence-electron chi connectivity index (χ2n) is 6.18. The number of fused-ring (bicyclic) bond motifs is 1. The highest BCUT2D eigenvalue weighted by Crippen LogP contribution is 2.32. The average Bonchev–Trinajstić information content (AvgIpc) is 3.20. The molecule has 1 aromatic carbocycles. The maximum absolute atomic E-state index is 12.4. The number of ether oxygens (including phenoxy) is 2. The Morgan fingerprint density at radius 1 is 1.07 bits per heavy atom. The first kappa shape index (κ1) is 19.0. The van der Waals surface area contributed by atoms with Gasteiger partial charge in [-0.3, -0.25) is 9.20 Å². The van der Waals surface area contributed by atoms with Gasteiger partial charge in [0.25, 0.3) is 10.8 Å². The van der Waals surface area contributed by atoms with Crippen LogP contribution in [0.25, 0.3) is 17.1 Å². The normalized spacial score (nSPS) is 11.0. The molecule has 4 rings (SSSR count). The molecule has 9 heteroatoms. The molecule has 0 fully saturated rings. The summed E-state index contributed by atoms with van der Waals surface area (Å²) in [7, 11) is 3.14. The minimum Gasteiger partial charge on any atom is -0.493 e. The van der Waals surface area contributed by atoms with Gasteiger partial charge in [0.05, 0.1) is 19.9 Å². The van der Waals surface area contributed by atoms with E-state index in [2.05, 4.69) is 15.2 Å². The maximum Gasteiger partial charge on any atom is 0.277 e. The summed E-state index contributed by atoms with van der Waals surface area (Å²) in [5, 5.41) is 8.55. The lowest BCUT2D eigenvalue weighted by Gasteiger charge is -2.07. The molecule has 148 valence electrons. The van der Waals surface area contributed by atoms with Gasteiger partial charge in [-0.05, 0) is 37.3 Å². The van der Waals surface area contributed by atoms with Gasteiger partial charge in [0.2, 0.25) is 5.89 Å². The molecule has 0 bridgehead atoms. The standard InChI is InChI=1S/C20H18N4O4S/c1-12-5-4-6-17-21-14(10-18(25)24(12)17)11-29-20-23-22-19(28-20)13-7-8-15(26-2)16(9-13)27-3/h4-10H,11H2,1-3H3. The molecule has 0 saturated carbocycles. The number of hydrogen-bond acceptors (Lipinski definition) is 8. The number of aromatic nitrogens is 4. The molecular formula is C20H18N4O4S. The van der Waals surface area contributed by atoms with Crippen molar-refractivity contribution in [3.8, 4) is 23.0 Å². The third-order valence-corrected chi connectivity index (χ3v) is 5.17. The van der Waals surface area contributed by atoms with E-state index in [-0.39, 0.29) is 5.56 Å². The van der Waals surface area contributed by atoms with Crippen molar-refractivity contribution in [3.63, 3.8) is 0 Å². The average molecular weight is 410 g/mol. The first-order valence-corrected chi connectivity index (χ1v) is 9.74. The first-order valence-electron chi connectivity index (χ1n) is 8.76. The van der Waals surface area contributed by atoms with Gasteiger partial charge in [-0.1, -0.05) is 17.8 Å². The first-order chi connectivity index (χ1) is 14.1. The van der Waals surface area contributed by atoms with Crippen molar-refractivity contribution < 1.29 is 13.9 Å². The van der Waals surface area contributed by atoms with Gasteiger partial charge in [0.15, 0.2) is 11.5 Å². The summed E-state index contributed by atoms with van der Waals surface area (Å²) >= 11 is 1.32. The van der Waals surface area contributed by atoms with E-state index in [1.807, 2.05) is 31.2 Å². The monoisotopic (exact) mass is 410 g/mol. The summed E-state index contributed by atoms with van der Waals surface area (Å²) in [6, 6.07) is 12.5. The van der Waals surface area contributed by atoms with E-state index in [1.165, 1.54) is 17.8 Å². The van der Waals surface area contributed by atoms with Crippen LogP contribution in [-0.2, 0) is 5.75 Å². The molecule has 8 nitrogen and oxygen atoms in total. The van der Waals surface area contributed by atoms with Crippen LogP contribution in [-0.4, -0.2) is 33.8 Å². The van der Waals surface area contributed by atoms with Crippen molar-refractivity contribution in [2.24, 2.45) is 0 Å². The minimum atomic E-state index is -0.111. The third kappa shape index (κ3) is 3.81. The SMILES string of the molecule is COc1ccc(-c2nnc(SCc3cc(=O)n4c(C)cccc4n3)o2)cc1OC. The molecule has 29 heavy (non-hydrogen) atoms. The van der Waals surface area contributed by atoms with Crippen LogP contribution in [0.2, 0.25) is 0 Å². The Hall–Kier alpha value is -3.33. The van der Waals surface area contributed by atoms with Gasteiger partial charge in [0.1, 0.15) is 5.65 Å². The molecular weight excluding hydrogens is 392 g/mol. The third-order valence-electron chi connectivity index (χ3n) is 4.31. The van der Waals surface area contributed by atoms with Crippen molar-refractivity contribution in [1.82, 2.24) is 19.6 Å². The highest BCUT2D eigenvalue weighted by Gasteiger charge is 2.13. The number of benzene rings is 1. The van der Waals surface area contributed by atoms with Gasteiger partial charge in [-0.2, -0.15) is 0 Å². The molecule has 0 N–H and O–H groups in total. The van der Waals surface area contributed by atoms with Crippen molar-refractivity contribution in [2.45, 2.75) is 17.9 Å². The Bertz CT molecular complexity index is 1230. The van der Waals surface area contributed by atoms with Crippen LogP contribution in [0.4, 0.5) is 0 Å². The second-order valence-corrected chi connectivity index (χ2v) is 7.10. The predicted octanol–water partition coefficient (Wildman–Crippen LogP) is 3.36. The van der Waals surface area contributed by atoms with E-state index in [0.29, 0.717) is 39.7 Å². The molecule has 0 aliphatic rings. The summed E-state index contributed by atoms with van der Waals surface area (Å²) < 4.78 is 17.9. The van der Waals surface area contributed by atoms with Gasteiger partial charge in [-0.15, -0.1) is 10.2 Å². The van der Waals surface area contributed by atoms with Crippen molar-refractivity contribution in [3.05, 3.63) is 64.2 Å². The van der Waals surface area contributed by atoms with E-state index >= 15 is 0 Å². The number of hydrogen-bond donors (Lipinski definition) is 0. The molecule has 0 radical (unpaired) electrons. The summed E-state index contributed by atoms with van der Waals surface area (Å²) in [6.45, 7) is 1.87. The van der Waals surface area contributed by atoms with Crippen LogP contribution < -0.4 is 15.0 Å². The van der Waals surface area contributed by atoms with Gasteiger partial charge < -0.3 is 13.9 Å². The van der Waals surface area contributed by atoms with Crippen LogP contribution in [0, 0.1) is 6.92 Å². The van der Waals surface area contributed by atoms with E-state index in [4.69, 9.17) is 13.9 Å². The Balaban J connectivity index is 1.53. The Labute approximate surface area is 170 Å². The zero-order valence-electron chi connectivity index (χ0n) is 16.1. The maximum atomic E-state index is 12.4. The lowest BCUT2D eigenvalue weighted by Crippen LogP contribution is -2.17. The van der Waals surface area contributed by atoms with Crippen LogP contribution in [0.1, 0.15) is 11.4 Å². The highest BCUT2D eigenvalue weighted by molar-refractivity contribution is 7.98. The quantitative estimate of drug-likeness (QED) is 0.447. The fourth-order valence-electron chi connectivity index (χ4n) is 2.93. The fraction of sp³-hybridized carbons (Fsp3) is 0.200. The number of thioether (sulfide) groups is 1. The van der Waals surface area contributed by atoms with E-state index in [9.17, 15) is 4.79 Å². The van der Waals surface area contributed by atoms with Crippen molar-refractivity contribution in [2.75, 3.05) is 14.2 Å². The molecule has 0 atom stereocenters. The van der Waals surface area contributed by atoms with Gasteiger partial charge in [0, 0.05) is 23.1 Å². The van der Waals surface area contributed by atoms with Crippen molar-refractivity contribution >= 4 is 17.4 Å².